The van der Waals surface area contributed by atoms with Crippen LogP contribution in [0.3, 0.4) is 0 Å². The topological polar surface area (TPSA) is 40.6 Å². The highest BCUT2D eigenvalue weighted by molar-refractivity contribution is 5.84. The Labute approximate surface area is 164 Å². The van der Waals surface area contributed by atoms with Crippen molar-refractivity contribution in [3.05, 3.63) is 0 Å². The average Bonchev–Trinajstić information content (AvgIpc) is 3.18. The standard InChI is InChI=1S/C23H36N2O2/c26-21(6-5-17-3-1-2-4-17)24-7-9-25(10-8-24)22(27)23-14-18-11-19(15-23)13-20(12-18)16-23/h17-20H,1-16H2. The minimum absolute atomic E-state index is 0.0244. The molecule has 0 spiro atoms. The number of carbonyl (C=O) groups is 2. The Kier molecular flexibility index (Phi) is 4.72. The molecular weight excluding hydrogens is 336 g/mol. The Hall–Kier alpha value is -1.06. The first-order chi connectivity index (χ1) is 13.1. The van der Waals surface area contributed by atoms with Crippen LogP contribution in [-0.4, -0.2) is 47.8 Å². The Bertz CT molecular complexity index is 552. The second-order valence-corrected chi connectivity index (χ2v) is 10.6. The SMILES string of the molecule is O=C(CCC1CCCC1)N1CCN(C(=O)C23CC4CC(CC(C4)C2)C3)CC1. The van der Waals surface area contributed by atoms with E-state index >= 15 is 0 Å². The van der Waals surface area contributed by atoms with Crippen molar-refractivity contribution in [3.8, 4) is 0 Å². The first-order valence-corrected chi connectivity index (χ1v) is 11.7. The monoisotopic (exact) mass is 372 g/mol. The van der Waals surface area contributed by atoms with E-state index in [0.717, 1.165) is 75.5 Å². The molecule has 6 rings (SSSR count). The second-order valence-electron chi connectivity index (χ2n) is 10.6. The van der Waals surface area contributed by atoms with Crippen LogP contribution in [0.1, 0.15) is 77.0 Å². The molecule has 27 heavy (non-hydrogen) atoms. The summed E-state index contributed by atoms with van der Waals surface area (Å²) < 4.78 is 0. The second kappa shape index (κ2) is 7.08. The van der Waals surface area contributed by atoms with Crippen molar-refractivity contribution in [2.75, 3.05) is 26.2 Å². The molecule has 0 aromatic heterocycles. The molecule has 0 aromatic rings. The molecule has 0 N–H and O–H groups in total. The van der Waals surface area contributed by atoms with Gasteiger partial charge in [-0.2, -0.15) is 0 Å². The molecule has 0 unspecified atom stereocenters. The lowest BCUT2D eigenvalue weighted by Gasteiger charge is -2.57. The maximum absolute atomic E-state index is 13.5. The molecule has 5 aliphatic carbocycles. The average molecular weight is 373 g/mol. The summed E-state index contributed by atoms with van der Waals surface area (Å²) in [6.45, 7) is 3.02. The van der Waals surface area contributed by atoms with E-state index in [1.165, 1.54) is 44.9 Å². The Balaban J connectivity index is 1.14. The van der Waals surface area contributed by atoms with E-state index in [1.54, 1.807) is 0 Å². The van der Waals surface area contributed by atoms with Gasteiger partial charge in [-0.05, 0) is 68.6 Å². The highest BCUT2D eigenvalue weighted by atomic mass is 16.2. The molecule has 4 bridgehead atoms. The summed E-state index contributed by atoms with van der Waals surface area (Å²) in [5.74, 6) is 4.01. The smallest absolute Gasteiger partial charge is 0.228 e. The van der Waals surface area contributed by atoms with Gasteiger partial charge in [0.05, 0.1) is 5.41 Å². The van der Waals surface area contributed by atoms with E-state index in [-0.39, 0.29) is 5.41 Å². The predicted octanol–water partition coefficient (Wildman–Crippen LogP) is 3.84. The first-order valence-electron chi connectivity index (χ1n) is 11.7. The lowest BCUT2D eigenvalue weighted by Crippen LogP contribution is -2.58. The normalized spacial score (nSPS) is 38.6. The molecule has 150 valence electrons. The summed E-state index contributed by atoms with van der Waals surface area (Å²) in [6.07, 6.45) is 14.7. The van der Waals surface area contributed by atoms with E-state index in [2.05, 4.69) is 4.90 Å². The van der Waals surface area contributed by atoms with Crippen molar-refractivity contribution in [2.45, 2.75) is 77.0 Å². The van der Waals surface area contributed by atoms with Gasteiger partial charge in [0, 0.05) is 32.6 Å². The first kappa shape index (κ1) is 18.0. The van der Waals surface area contributed by atoms with Gasteiger partial charge in [0.25, 0.3) is 0 Å². The largest absolute Gasteiger partial charge is 0.339 e. The van der Waals surface area contributed by atoms with Crippen molar-refractivity contribution < 1.29 is 9.59 Å². The zero-order valence-electron chi connectivity index (χ0n) is 16.8. The van der Waals surface area contributed by atoms with Crippen molar-refractivity contribution >= 4 is 11.8 Å². The van der Waals surface area contributed by atoms with Crippen LogP contribution in [0.25, 0.3) is 0 Å². The fraction of sp³-hybridized carbons (Fsp3) is 0.913. The predicted molar refractivity (Wildman–Crippen MR) is 105 cm³/mol. The van der Waals surface area contributed by atoms with Gasteiger partial charge < -0.3 is 9.80 Å². The molecule has 4 nitrogen and oxygen atoms in total. The summed E-state index contributed by atoms with van der Waals surface area (Å²) in [5.41, 5.74) is -0.0244. The van der Waals surface area contributed by atoms with Gasteiger partial charge in [0.2, 0.25) is 11.8 Å². The molecule has 1 heterocycles. The van der Waals surface area contributed by atoms with Gasteiger partial charge >= 0.3 is 0 Å². The van der Waals surface area contributed by atoms with E-state index < -0.39 is 0 Å². The van der Waals surface area contributed by atoms with Crippen molar-refractivity contribution in [3.63, 3.8) is 0 Å². The lowest BCUT2D eigenvalue weighted by atomic mass is 9.49. The summed E-state index contributed by atoms with van der Waals surface area (Å²) in [7, 11) is 0. The third kappa shape index (κ3) is 3.42. The van der Waals surface area contributed by atoms with Crippen LogP contribution >= 0.6 is 0 Å². The van der Waals surface area contributed by atoms with Gasteiger partial charge in [-0.15, -0.1) is 0 Å². The minimum Gasteiger partial charge on any atom is -0.339 e. The van der Waals surface area contributed by atoms with Crippen LogP contribution in [0.15, 0.2) is 0 Å². The van der Waals surface area contributed by atoms with Gasteiger partial charge in [-0.25, -0.2) is 0 Å². The summed E-state index contributed by atoms with van der Waals surface area (Å²) in [5, 5.41) is 0. The maximum Gasteiger partial charge on any atom is 0.228 e. The van der Waals surface area contributed by atoms with Crippen LogP contribution in [0.4, 0.5) is 0 Å². The van der Waals surface area contributed by atoms with Crippen LogP contribution in [0, 0.1) is 29.1 Å². The van der Waals surface area contributed by atoms with E-state index in [4.69, 9.17) is 0 Å². The van der Waals surface area contributed by atoms with Gasteiger partial charge in [-0.3, -0.25) is 9.59 Å². The fourth-order valence-corrected chi connectivity index (χ4v) is 7.65. The molecule has 0 atom stereocenters. The molecule has 2 amide bonds. The molecule has 0 radical (unpaired) electrons. The number of amides is 2. The zero-order chi connectivity index (χ0) is 18.4. The van der Waals surface area contributed by atoms with Crippen LogP contribution in [-0.2, 0) is 9.59 Å². The number of hydrogen-bond acceptors (Lipinski definition) is 2. The number of hydrogen-bond donors (Lipinski definition) is 0. The van der Waals surface area contributed by atoms with E-state index in [9.17, 15) is 9.59 Å². The maximum atomic E-state index is 13.5. The molecule has 0 aromatic carbocycles. The molecule has 6 fully saturated rings. The quantitative estimate of drug-likeness (QED) is 0.752. The van der Waals surface area contributed by atoms with Gasteiger partial charge in [0.1, 0.15) is 0 Å². The van der Waals surface area contributed by atoms with Crippen LogP contribution < -0.4 is 0 Å². The molecule has 4 heteroatoms. The summed E-state index contributed by atoms with van der Waals surface area (Å²) in [4.78, 5) is 30.2. The van der Waals surface area contributed by atoms with E-state index in [1.807, 2.05) is 4.90 Å². The third-order valence-corrected chi connectivity index (χ3v) is 8.65. The molecule has 6 aliphatic rings. The molecule has 1 aliphatic heterocycles. The molecule has 5 saturated carbocycles. The highest BCUT2D eigenvalue weighted by Gasteiger charge is 2.55. The Morgan fingerprint density at radius 3 is 1.85 bits per heavy atom. The van der Waals surface area contributed by atoms with Crippen LogP contribution in [0.2, 0.25) is 0 Å². The van der Waals surface area contributed by atoms with Crippen LogP contribution in [0.5, 0.6) is 0 Å². The van der Waals surface area contributed by atoms with E-state index in [0.29, 0.717) is 18.2 Å². The third-order valence-electron chi connectivity index (χ3n) is 8.65. The molecular formula is C23H36N2O2. The summed E-state index contributed by atoms with van der Waals surface area (Å²) >= 11 is 0. The van der Waals surface area contributed by atoms with Gasteiger partial charge in [-0.1, -0.05) is 25.7 Å². The number of nitrogens with zero attached hydrogens (tertiary/aromatic N) is 2. The molecule has 1 saturated heterocycles. The number of rotatable bonds is 4. The number of carbonyl (C=O) groups excluding carboxylic acids is 2. The Morgan fingerprint density at radius 2 is 1.30 bits per heavy atom. The van der Waals surface area contributed by atoms with Crippen molar-refractivity contribution in [2.24, 2.45) is 29.1 Å². The van der Waals surface area contributed by atoms with Gasteiger partial charge in [0.15, 0.2) is 0 Å². The van der Waals surface area contributed by atoms with Crippen molar-refractivity contribution in [1.82, 2.24) is 9.80 Å². The number of piperazine rings is 1. The van der Waals surface area contributed by atoms with Crippen molar-refractivity contribution in [1.29, 1.82) is 0 Å². The Morgan fingerprint density at radius 1 is 0.778 bits per heavy atom. The fourth-order valence-electron chi connectivity index (χ4n) is 7.65. The minimum atomic E-state index is -0.0244. The highest BCUT2D eigenvalue weighted by Crippen LogP contribution is 2.60. The summed E-state index contributed by atoms with van der Waals surface area (Å²) in [6, 6.07) is 0. The zero-order valence-corrected chi connectivity index (χ0v) is 16.8. The lowest BCUT2D eigenvalue weighted by molar-refractivity contribution is -0.160.